The van der Waals surface area contributed by atoms with E-state index in [1.54, 1.807) is 0 Å². The Hall–Kier alpha value is -1.96. The van der Waals surface area contributed by atoms with E-state index in [0.29, 0.717) is 6.61 Å². The molecule has 3 rings (SSSR count). The smallest absolute Gasteiger partial charge is 0.255 e. The van der Waals surface area contributed by atoms with Crippen molar-refractivity contribution < 1.29 is 14.3 Å². The fourth-order valence-corrected chi connectivity index (χ4v) is 2.96. The van der Waals surface area contributed by atoms with Gasteiger partial charge in [-0.3, -0.25) is 14.9 Å². The number of amides is 2. The average Bonchev–Trinajstić information content (AvgIpc) is 3.14. The molecule has 0 spiro atoms. The molecule has 2 saturated heterocycles. The SMILES string of the molecule is O=C(Nc1ncn(CC(=O)N2CCCCCC2)n1)[C@@H]1CCCO1. The maximum absolute atomic E-state index is 12.3. The predicted molar refractivity (Wildman–Crippen MR) is 82.7 cm³/mol. The summed E-state index contributed by atoms with van der Waals surface area (Å²) in [6.07, 6.45) is 7.17. The number of nitrogens with one attached hydrogen (secondary N) is 1. The first-order chi connectivity index (χ1) is 11.2. The molecule has 126 valence electrons. The number of carbonyl (C=O) groups is 2. The van der Waals surface area contributed by atoms with Crippen molar-refractivity contribution in [1.82, 2.24) is 19.7 Å². The monoisotopic (exact) mass is 321 g/mol. The van der Waals surface area contributed by atoms with E-state index >= 15 is 0 Å². The van der Waals surface area contributed by atoms with Crippen LogP contribution in [0.25, 0.3) is 0 Å². The van der Waals surface area contributed by atoms with Crippen molar-refractivity contribution in [2.24, 2.45) is 0 Å². The molecule has 0 aromatic carbocycles. The second kappa shape index (κ2) is 7.54. The number of ether oxygens (including phenoxy) is 1. The third kappa shape index (κ3) is 4.28. The molecule has 0 unspecified atom stereocenters. The first-order valence-electron chi connectivity index (χ1n) is 8.32. The summed E-state index contributed by atoms with van der Waals surface area (Å²) < 4.78 is 6.78. The Labute approximate surface area is 135 Å². The van der Waals surface area contributed by atoms with Gasteiger partial charge in [-0.2, -0.15) is 0 Å². The minimum absolute atomic E-state index is 0.0498. The van der Waals surface area contributed by atoms with Gasteiger partial charge in [0.15, 0.2) is 0 Å². The van der Waals surface area contributed by atoms with E-state index in [-0.39, 0.29) is 24.3 Å². The number of hydrogen-bond acceptors (Lipinski definition) is 5. The number of aromatic nitrogens is 3. The molecule has 0 bridgehead atoms. The average molecular weight is 321 g/mol. The Morgan fingerprint density at radius 3 is 2.70 bits per heavy atom. The largest absolute Gasteiger partial charge is 0.368 e. The van der Waals surface area contributed by atoms with Crippen LogP contribution in [0, 0.1) is 0 Å². The minimum Gasteiger partial charge on any atom is -0.368 e. The summed E-state index contributed by atoms with van der Waals surface area (Å²) >= 11 is 0. The lowest BCUT2D eigenvalue weighted by Crippen LogP contribution is -2.34. The molecular formula is C15H23N5O3. The van der Waals surface area contributed by atoms with Gasteiger partial charge in [0, 0.05) is 19.7 Å². The van der Waals surface area contributed by atoms with Crippen molar-refractivity contribution in [3.8, 4) is 0 Å². The van der Waals surface area contributed by atoms with Gasteiger partial charge in [-0.1, -0.05) is 12.8 Å². The quantitative estimate of drug-likeness (QED) is 0.886. The lowest BCUT2D eigenvalue weighted by Gasteiger charge is -2.19. The summed E-state index contributed by atoms with van der Waals surface area (Å²) in [5.74, 6) is 0.0436. The molecule has 0 saturated carbocycles. The molecule has 2 aliphatic rings. The van der Waals surface area contributed by atoms with Crippen molar-refractivity contribution in [2.45, 2.75) is 51.2 Å². The standard InChI is InChI=1S/C15H23N5O3/c21-13(19-7-3-1-2-4-8-19)10-20-11-16-15(18-20)17-14(22)12-6-5-9-23-12/h11-12H,1-10H2,(H,17,18,22)/t12-/m0/s1. The van der Waals surface area contributed by atoms with E-state index in [0.717, 1.165) is 38.8 Å². The number of hydrogen-bond donors (Lipinski definition) is 1. The highest BCUT2D eigenvalue weighted by molar-refractivity contribution is 5.92. The zero-order valence-electron chi connectivity index (χ0n) is 13.2. The van der Waals surface area contributed by atoms with Crippen molar-refractivity contribution in [2.75, 3.05) is 25.0 Å². The molecule has 2 amide bonds. The molecule has 8 nitrogen and oxygen atoms in total. The molecular weight excluding hydrogens is 298 g/mol. The van der Waals surface area contributed by atoms with Crippen LogP contribution in [0.3, 0.4) is 0 Å². The molecule has 3 heterocycles. The van der Waals surface area contributed by atoms with E-state index in [1.165, 1.54) is 23.9 Å². The molecule has 0 radical (unpaired) electrons. The summed E-state index contributed by atoms with van der Waals surface area (Å²) in [6.45, 7) is 2.40. The predicted octanol–water partition coefficient (Wildman–Crippen LogP) is 0.798. The zero-order valence-corrected chi connectivity index (χ0v) is 13.2. The summed E-state index contributed by atoms with van der Waals surface area (Å²) in [7, 11) is 0. The Kier molecular flexibility index (Phi) is 5.22. The lowest BCUT2D eigenvalue weighted by molar-refractivity contribution is -0.132. The van der Waals surface area contributed by atoms with Crippen LogP contribution in [0.4, 0.5) is 5.95 Å². The third-order valence-corrected chi connectivity index (χ3v) is 4.25. The first kappa shape index (κ1) is 15.9. The molecule has 0 aliphatic carbocycles. The minimum atomic E-state index is -0.416. The van der Waals surface area contributed by atoms with Crippen LogP contribution >= 0.6 is 0 Å². The van der Waals surface area contributed by atoms with Gasteiger partial charge < -0.3 is 9.64 Å². The highest BCUT2D eigenvalue weighted by atomic mass is 16.5. The van der Waals surface area contributed by atoms with Crippen molar-refractivity contribution in [3.63, 3.8) is 0 Å². The molecule has 2 fully saturated rings. The number of likely N-dealkylation sites (tertiary alicyclic amines) is 1. The van der Waals surface area contributed by atoms with E-state index in [9.17, 15) is 9.59 Å². The molecule has 1 aromatic heterocycles. The van der Waals surface area contributed by atoms with Gasteiger partial charge in [-0.05, 0) is 25.7 Å². The normalized spacial score (nSPS) is 21.9. The first-order valence-corrected chi connectivity index (χ1v) is 8.32. The molecule has 23 heavy (non-hydrogen) atoms. The fourth-order valence-electron chi connectivity index (χ4n) is 2.96. The van der Waals surface area contributed by atoms with Crippen LogP contribution in [0.15, 0.2) is 6.33 Å². The summed E-state index contributed by atoms with van der Waals surface area (Å²) in [6, 6.07) is 0. The Morgan fingerprint density at radius 1 is 1.22 bits per heavy atom. The van der Waals surface area contributed by atoms with Crippen LogP contribution in [0.1, 0.15) is 38.5 Å². The number of nitrogens with zero attached hydrogens (tertiary/aromatic N) is 4. The molecule has 1 N–H and O–H groups in total. The fraction of sp³-hybridized carbons (Fsp3) is 0.733. The number of carbonyl (C=O) groups excluding carboxylic acids is 2. The van der Waals surface area contributed by atoms with Crippen LogP contribution in [-0.2, 0) is 20.9 Å². The van der Waals surface area contributed by atoms with Gasteiger partial charge in [0.1, 0.15) is 19.0 Å². The zero-order chi connectivity index (χ0) is 16.1. The number of rotatable bonds is 4. The maximum Gasteiger partial charge on any atom is 0.255 e. The summed E-state index contributed by atoms with van der Waals surface area (Å²) in [5.41, 5.74) is 0. The lowest BCUT2D eigenvalue weighted by atomic mass is 10.2. The van der Waals surface area contributed by atoms with Gasteiger partial charge in [0.05, 0.1) is 0 Å². The third-order valence-electron chi connectivity index (χ3n) is 4.25. The van der Waals surface area contributed by atoms with Crippen molar-refractivity contribution >= 4 is 17.8 Å². The van der Waals surface area contributed by atoms with E-state index in [2.05, 4.69) is 15.4 Å². The second-order valence-electron chi connectivity index (χ2n) is 6.05. The Balaban J connectivity index is 1.52. The van der Waals surface area contributed by atoms with Crippen molar-refractivity contribution in [3.05, 3.63) is 6.33 Å². The molecule has 2 aliphatic heterocycles. The maximum atomic E-state index is 12.3. The Bertz CT molecular complexity index is 545. The second-order valence-corrected chi connectivity index (χ2v) is 6.05. The van der Waals surface area contributed by atoms with Crippen LogP contribution in [0.2, 0.25) is 0 Å². The summed E-state index contributed by atoms with van der Waals surface area (Å²) in [5, 5.41) is 6.79. The van der Waals surface area contributed by atoms with Crippen molar-refractivity contribution in [1.29, 1.82) is 0 Å². The van der Waals surface area contributed by atoms with Gasteiger partial charge in [0.25, 0.3) is 5.91 Å². The number of anilines is 1. The van der Waals surface area contributed by atoms with Gasteiger partial charge >= 0.3 is 0 Å². The highest BCUT2D eigenvalue weighted by Gasteiger charge is 2.24. The van der Waals surface area contributed by atoms with Gasteiger partial charge in [0.2, 0.25) is 11.9 Å². The van der Waals surface area contributed by atoms with Crippen LogP contribution < -0.4 is 5.32 Å². The van der Waals surface area contributed by atoms with Gasteiger partial charge in [-0.25, -0.2) is 9.67 Å². The highest BCUT2D eigenvalue weighted by Crippen LogP contribution is 2.14. The van der Waals surface area contributed by atoms with E-state index in [1.807, 2.05) is 4.90 Å². The topological polar surface area (TPSA) is 89.4 Å². The molecule has 1 aromatic rings. The Morgan fingerprint density at radius 2 is 2.00 bits per heavy atom. The van der Waals surface area contributed by atoms with E-state index in [4.69, 9.17) is 4.74 Å². The molecule has 8 heteroatoms. The van der Waals surface area contributed by atoms with E-state index < -0.39 is 6.10 Å². The van der Waals surface area contributed by atoms with Crippen LogP contribution in [-0.4, -0.2) is 57.3 Å². The van der Waals surface area contributed by atoms with Gasteiger partial charge in [-0.15, -0.1) is 5.10 Å². The summed E-state index contributed by atoms with van der Waals surface area (Å²) in [4.78, 5) is 30.1. The van der Waals surface area contributed by atoms with Crippen LogP contribution in [0.5, 0.6) is 0 Å². The molecule has 1 atom stereocenters.